The second kappa shape index (κ2) is 6.07. The van der Waals surface area contributed by atoms with Crippen molar-refractivity contribution in [3.05, 3.63) is 0 Å². The lowest BCUT2D eigenvalue weighted by molar-refractivity contribution is 0.106. The summed E-state index contributed by atoms with van der Waals surface area (Å²) in [6, 6.07) is 0. The van der Waals surface area contributed by atoms with E-state index in [1.165, 1.54) is 0 Å². The minimum absolute atomic E-state index is 0.958. The van der Waals surface area contributed by atoms with E-state index in [4.69, 9.17) is 12.3 Å². The number of hydrogen-bond acceptors (Lipinski definition) is 4. The molecule has 0 spiro atoms. The van der Waals surface area contributed by atoms with Gasteiger partial charge in [0.15, 0.2) is 16.6 Å². The molecule has 8 heteroatoms. The standard InChI is InChI=1S/C12H34O4Si4/c1-12(2,13)20(11,15-18(6,7)8)16-19(9,10)14-17(3,4)5/h13H,1-11H3. The fraction of sp³-hybridized carbons (Fsp3) is 1.00. The first-order valence-electron chi connectivity index (χ1n) is 7.20. The molecule has 0 aromatic rings. The Labute approximate surface area is 129 Å². The van der Waals surface area contributed by atoms with E-state index in [-0.39, 0.29) is 0 Å². The maximum absolute atomic E-state index is 10.6. The van der Waals surface area contributed by atoms with E-state index >= 15 is 0 Å². The van der Waals surface area contributed by atoms with Gasteiger partial charge < -0.3 is 17.5 Å². The molecule has 1 N–H and O–H groups in total. The zero-order valence-corrected chi connectivity index (χ0v) is 19.2. The summed E-state index contributed by atoms with van der Waals surface area (Å²) in [5.41, 5.74) is 0. The Bertz CT molecular complexity index is 328. The maximum Gasteiger partial charge on any atom is 0.348 e. The lowest BCUT2D eigenvalue weighted by Crippen LogP contribution is -2.66. The average molecular weight is 355 g/mol. The zero-order chi connectivity index (χ0) is 16.6. The summed E-state index contributed by atoms with van der Waals surface area (Å²) in [7, 11) is -8.55. The Morgan fingerprint density at radius 2 is 1.00 bits per heavy atom. The molecular formula is C12H34O4Si4. The van der Waals surface area contributed by atoms with Crippen molar-refractivity contribution in [2.45, 2.75) is 78.0 Å². The van der Waals surface area contributed by atoms with Gasteiger partial charge in [-0.2, -0.15) is 0 Å². The van der Waals surface area contributed by atoms with Crippen molar-refractivity contribution in [3.63, 3.8) is 0 Å². The van der Waals surface area contributed by atoms with E-state index in [1.54, 1.807) is 13.8 Å². The fourth-order valence-electron chi connectivity index (χ4n) is 2.08. The first-order valence-corrected chi connectivity index (χ1v) is 19.1. The highest BCUT2D eigenvalue weighted by Gasteiger charge is 2.53. The molecule has 20 heavy (non-hydrogen) atoms. The Kier molecular flexibility index (Phi) is 6.29. The second-order valence-electron chi connectivity index (χ2n) is 8.44. The lowest BCUT2D eigenvalue weighted by atomic mass is 10.5. The van der Waals surface area contributed by atoms with Crippen LogP contribution in [0.3, 0.4) is 0 Å². The molecule has 0 bridgehead atoms. The number of aliphatic hydroxyl groups is 1. The molecule has 0 saturated heterocycles. The normalized spacial score (nSPS) is 18.0. The molecule has 0 saturated carbocycles. The third kappa shape index (κ3) is 7.64. The first kappa shape index (κ1) is 20.7. The molecule has 1 unspecified atom stereocenters. The van der Waals surface area contributed by atoms with Gasteiger partial charge in [0.2, 0.25) is 0 Å². The monoisotopic (exact) mass is 354 g/mol. The lowest BCUT2D eigenvalue weighted by Gasteiger charge is -2.46. The van der Waals surface area contributed by atoms with Gasteiger partial charge in [-0.1, -0.05) is 0 Å². The summed E-state index contributed by atoms with van der Waals surface area (Å²) in [5.74, 6) is 0. The molecule has 4 nitrogen and oxygen atoms in total. The zero-order valence-electron chi connectivity index (χ0n) is 15.2. The largest absolute Gasteiger partial charge is 0.437 e. The maximum atomic E-state index is 10.6. The van der Waals surface area contributed by atoms with Gasteiger partial charge in [-0.3, -0.25) is 0 Å². The van der Waals surface area contributed by atoms with Crippen LogP contribution in [0.15, 0.2) is 0 Å². The van der Waals surface area contributed by atoms with Gasteiger partial charge in [-0.25, -0.2) is 0 Å². The molecule has 0 amide bonds. The molecule has 0 aromatic carbocycles. The molecule has 122 valence electrons. The third-order valence-corrected chi connectivity index (χ3v) is 16.8. The van der Waals surface area contributed by atoms with Gasteiger partial charge in [0.25, 0.3) is 0 Å². The van der Waals surface area contributed by atoms with Gasteiger partial charge in [-0.05, 0) is 72.8 Å². The van der Waals surface area contributed by atoms with Gasteiger partial charge in [0, 0.05) is 0 Å². The van der Waals surface area contributed by atoms with Gasteiger partial charge in [0.05, 0.1) is 0 Å². The Hall–Kier alpha value is 0.708. The van der Waals surface area contributed by atoms with Crippen molar-refractivity contribution in [2.75, 3.05) is 0 Å². The summed E-state index contributed by atoms with van der Waals surface area (Å²) in [4.78, 5) is 0. The van der Waals surface area contributed by atoms with Crippen molar-refractivity contribution < 1.29 is 17.5 Å². The summed E-state index contributed by atoms with van der Waals surface area (Å²) in [6.07, 6.45) is 0. The van der Waals surface area contributed by atoms with Crippen molar-refractivity contribution >= 4 is 33.8 Å². The highest BCUT2D eigenvalue weighted by Crippen LogP contribution is 2.31. The predicted molar refractivity (Wildman–Crippen MR) is 95.3 cm³/mol. The minimum Gasteiger partial charge on any atom is -0.437 e. The smallest absolute Gasteiger partial charge is 0.348 e. The van der Waals surface area contributed by atoms with E-state index in [0.29, 0.717) is 0 Å². The highest BCUT2D eigenvalue weighted by molar-refractivity contribution is 6.90. The van der Waals surface area contributed by atoms with Crippen LogP contribution in [0.1, 0.15) is 13.8 Å². The molecule has 0 fully saturated rings. The molecule has 0 aliphatic rings. The molecular weight excluding hydrogens is 320 g/mol. The summed E-state index contributed by atoms with van der Waals surface area (Å²) in [6.45, 7) is 22.5. The Morgan fingerprint density at radius 1 is 0.650 bits per heavy atom. The van der Waals surface area contributed by atoms with Crippen LogP contribution in [0.5, 0.6) is 0 Å². The molecule has 0 aliphatic carbocycles. The summed E-state index contributed by atoms with van der Waals surface area (Å²) >= 11 is 0. The summed E-state index contributed by atoms with van der Waals surface area (Å²) in [5, 5.41) is 9.62. The first-order chi connectivity index (χ1) is 8.37. The van der Waals surface area contributed by atoms with Crippen LogP contribution in [0.25, 0.3) is 0 Å². The summed E-state index contributed by atoms with van der Waals surface area (Å²) < 4.78 is 19.0. The van der Waals surface area contributed by atoms with Crippen LogP contribution in [-0.4, -0.2) is 44.1 Å². The van der Waals surface area contributed by atoms with E-state index in [9.17, 15) is 5.11 Å². The van der Waals surface area contributed by atoms with Crippen molar-refractivity contribution in [1.82, 2.24) is 0 Å². The van der Waals surface area contributed by atoms with Crippen molar-refractivity contribution in [2.24, 2.45) is 0 Å². The topological polar surface area (TPSA) is 47.9 Å². The highest BCUT2D eigenvalue weighted by atomic mass is 28.5. The van der Waals surface area contributed by atoms with Gasteiger partial charge >= 0.3 is 17.1 Å². The third-order valence-electron chi connectivity index (χ3n) is 2.60. The quantitative estimate of drug-likeness (QED) is 0.707. The van der Waals surface area contributed by atoms with Crippen LogP contribution in [-0.2, 0) is 12.3 Å². The van der Waals surface area contributed by atoms with E-state index in [1.807, 2.05) is 6.55 Å². The van der Waals surface area contributed by atoms with Crippen molar-refractivity contribution in [3.8, 4) is 0 Å². The SMILES string of the molecule is CC(C)(O)[Si](C)(O[Si](C)(C)C)O[Si](C)(C)O[Si](C)(C)C. The van der Waals surface area contributed by atoms with Crippen LogP contribution < -0.4 is 0 Å². The van der Waals surface area contributed by atoms with Crippen LogP contribution >= 0.6 is 0 Å². The minimum atomic E-state index is -2.75. The van der Waals surface area contributed by atoms with Crippen LogP contribution in [0.4, 0.5) is 0 Å². The predicted octanol–water partition coefficient (Wildman–Crippen LogP) is 3.79. The second-order valence-corrected chi connectivity index (χ2v) is 25.2. The van der Waals surface area contributed by atoms with E-state index < -0.39 is 39.0 Å². The fourth-order valence-corrected chi connectivity index (χ4v) is 19.5. The molecule has 0 rings (SSSR count). The molecule has 0 aliphatic heterocycles. The number of rotatable bonds is 7. The molecule has 0 heterocycles. The van der Waals surface area contributed by atoms with Crippen LogP contribution in [0.2, 0.25) is 58.9 Å². The van der Waals surface area contributed by atoms with E-state index in [2.05, 4.69) is 52.4 Å². The van der Waals surface area contributed by atoms with Gasteiger partial charge in [0.1, 0.15) is 5.22 Å². The number of hydrogen-bond donors (Lipinski definition) is 1. The van der Waals surface area contributed by atoms with Gasteiger partial charge in [-0.15, -0.1) is 0 Å². The molecule has 0 radical (unpaired) electrons. The molecule has 0 aromatic heterocycles. The average Bonchev–Trinajstić information content (AvgIpc) is 1.88. The molecule has 1 atom stereocenters. The van der Waals surface area contributed by atoms with Crippen molar-refractivity contribution in [1.29, 1.82) is 0 Å². The van der Waals surface area contributed by atoms with Crippen LogP contribution in [0, 0.1) is 0 Å². The Balaban J connectivity index is 5.29. The Morgan fingerprint density at radius 3 is 1.25 bits per heavy atom. The van der Waals surface area contributed by atoms with E-state index in [0.717, 1.165) is 0 Å².